The average Bonchev–Trinajstić information content (AvgIpc) is 3.03. The van der Waals surface area contributed by atoms with Gasteiger partial charge in [0.2, 0.25) is 5.89 Å². The van der Waals surface area contributed by atoms with Gasteiger partial charge in [-0.15, -0.1) is 0 Å². The van der Waals surface area contributed by atoms with Crippen molar-refractivity contribution in [2.24, 2.45) is 0 Å². The highest BCUT2D eigenvalue weighted by Crippen LogP contribution is 2.29. The van der Waals surface area contributed by atoms with Crippen LogP contribution < -0.4 is 0 Å². The van der Waals surface area contributed by atoms with Crippen LogP contribution in [0.3, 0.4) is 0 Å². The first kappa shape index (κ1) is 14.3. The predicted octanol–water partition coefficient (Wildman–Crippen LogP) is 4.04. The lowest BCUT2D eigenvalue weighted by Gasteiger charge is -2.07. The highest BCUT2D eigenvalue weighted by Gasteiger charge is 2.16. The minimum atomic E-state index is -0.625. The van der Waals surface area contributed by atoms with Crippen molar-refractivity contribution in [1.29, 1.82) is 0 Å². The Bertz CT molecular complexity index is 1020. The van der Waals surface area contributed by atoms with Crippen LogP contribution in [0.15, 0.2) is 65.1 Å². The van der Waals surface area contributed by atoms with E-state index in [9.17, 15) is 9.90 Å². The van der Waals surface area contributed by atoms with Crippen molar-refractivity contribution in [2.45, 2.75) is 6.61 Å². The summed E-state index contributed by atoms with van der Waals surface area (Å²) in [5, 5.41) is 11.7. The number of nitrogens with zero attached hydrogens (tertiary/aromatic N) is 1. The summed E-state index contributed by atoms with van der Waals surface area (Å²) < 4.78 is 10.7. The molecule has 4 rings (SSSR count). The van der Waals surface area contributed by atoms with Gasteiger partial charge in [-0.1, -0.05) is 42.5 Å². The van der Waals surface area contributed by atoms with E-state index < -0.39 is 5.97 Å². The van der Waals surface area contributed by atoms with E-state index in [1.54, 1.807) is 30.3 Å². The maximum absolute atomic E-state index is 12.2. The number of ether oxygens (including phenoxy) is 1. The Morgan fingerprint density at radius 3 is 2.71 bits per heavy atom. The van der Waals surface area contributed by atoms with Crippen molar-refractivity contribution < 1.29 is 19.1 Å². The molecule has 0 aliphatic rings. The lowest BCUT2D eigenvalue weighted by molar-refractivity contribution is 0.0437. The minimum absolute atomic E-state index is 0.0873. The first-order chi connectivity index (χ1) is 11.7. The molecule has 0 saturated heterocycles. The number of rotatable bonds is 3. The van der Waals surface area contributed by atoms with Crippen LogP contribution in [0.25, 0.3) is 21.9 Å². The Kier molecular flexibility index (Phi) is 3.39. The van der Waals surface area contributed by atoms with E-state index in [1.165, 1.54) is 0 Å². The molecular formula is C19H13NO4. The van der Waals surface area contributed by atoms with Gasteiger partial charge in [-0.2, -0.15) is 0 Å². The zero-order chi connectivity index (χ0) is 16.5. The Morgan fingerprint density at radius 2 is 1.83 bits per heavy atom. The molecule has 0 fully saturated rings. The van der Waals surface area contributed by atoms with Crippen molar-refractivity contribution in [3.8, 4) is 5.75 Å². The molecule has 0 aliphatic heterocycles. The topological polar surface area (TPSA) is 72.6 Å². The van der Waals surface area contributed by atoms with Gasteiger partial charge in [0.15, 0.2) is 12.2 Å². The zero-order valence-electron chi connectivity index (χ0n) is 12.6. The van der Waals surface area contributed by atoms with E-state index >= 15 is 0 Å². The van der Waals surface area contributed by atoms with Gasteiger partial charge in [0.05, 0.1) is 0 Å². The smallest absolute Gasteiger partial charge is 0.342 e. The summed E-state index contributed by atoms with van der Waals surface area (Å²) in [6.45, 7) is -0.0974. The normalized spacial score (nSPS) is 11.0. The molecule has 118 valence electrons. The van der Waals surface area contributed by atoms with E-state index in [4.69, 9.17) is 9.15 Å². The highest BCUT2D eigenvalue weighted by atomic mass is 16.5. The fraction of sp³-hybridized carbons (Fsp3) is 0.0526. The number of oxazole rings is 1. The van der Waals surface area contributed by atoms with Gasteiger partial charge in [-0.25, -0.2) is 9.78 Å². The van der Waals surface area contributed by atoms with Gasteiger partial charge < -0.3 is 14.3 Å². The molecule has 0 radical (unpaired) electrons. The Labute approximate surface area is 137 Å². The van der Waals surface area contributed by atoms with Gasteiger partial charge >= 0.3 is 5.97 Å². The fourth-order valence-corrected chi connectivity index (χ4v) is 2.61. The Hall–Kier alpha value is -3.34. The third kappa shape index (κ3) is 2.46. The number of carbonyl (C=O) groups is 1. The molecule has 1 N–H and O–H groups in total. The molecular weight excluding hydrogens is 306 g/mol. The first-order valence-electron chi connectivity index (χ1n) is 7.44. The number of para-hydroxylation sites is 2. The number of aromatic hydroxyl groups is 1. The first-order valence-corrected chi connectivity index (χ1v) is 7.44. The number of phenolic OH excluding ortho intramolecular Hbond substituents is 1. The number of phenols is 1. The van der Waals surface area contributed by atoms with Crippen LogP contribution in [0.1, 0.15) is 16.2 Å². The number of esters is 1. The average molecular weight is 319 g/mol. The van der Waals surface area contributed by atoms with E-state index in [2.05, 4.69) is 4.98 Å². The lowest BCUT2D eigenvalue weighted by Crippen LogP contribution is -2.06. The van der Waals surface area contributed by atoms with Gasteiger partial charge in [0, 0.05) is 5.39 Å². The maximum atomic E-state index is 12.2. The summed E-state index contributed by atoms with van der Waals surface area (Å²) in [4.78, 5) is 16.5. The van der Waals surface area contributed by atoms with Crippen molar-refractivity contribution in [3.05, 3.63) is 72.1 Å². The number of aromatic nitrogens is 1. The molecule has 0 amide bonds. The number of hydrogen-bond donors (Lipinski definition) is 1. The third-order valence-corrected chi connectivity index (χ3v) is 3.79. The predicted molar refractivity (Wildman–Crippen MR) is 88.7 cm³/mol. The second kappa shape index (κ2) is 5.70. The van der Waals surface area contributed by atoms with Crippen molar-refractivity contribution in [3.63, 3.8) is 0 Å². The second-order valence-electron chi connectivity index (χ2n) is 5.33. The standard InChI is InChI=1S/C19H13NO4/c21-18-13-6-2-1-5-12(13)9-10-14(18)19(22)23-11-17-20-15-7-3-4-8-16(15)24-17/h1-10,21H,11H2. The van der Waals surface area contributed by atoms with E-state index in [1.807, 2.05) is 30.3 Å². The number of fused-ring (bicyclic) bond motifs is 2. The summed E-state index contributed by atoms with van der Waals surface area (Å²) in [5.74, 6) is -0.402. The molecule has 1 heterocycles. The minimum Gasteiger partial charge on any atom is -0.506 e. The van der Waals surface area contributed by atoms with Gasteiger partial charge in [-0.05, 0) is 23.6 Å². The Morgan fingerprint density at radius 1 is 1.04 bits per heavy atom. The van der Waals surface area contributed by atoms with Crippen LogP contribution in [0.2, 0.25) is 0 Å². The zero-order valence-corrected chi connectivity index (χ0v) is 12.6. The van der Waals surface area contributed by atoms with Crippen LogP contribution >= 0.6 is 0 Å². The summed E-state index contributed by atoms with van der Waals surface area (Å²) in [6, 6.07) is 17.9. The van der Waals surface area contributed by atoms with Crippen LogP contribution in [0, 0.1) is 0 Å². The molecule has 1 aromatic heterocycles. The summed E-state index contributed by atoms with van der Waals surface area (Å²) in [7, 11) is 0. The van der Waals surface area contributed by atoms with Crippen LogP contribution in [0.5, 0.6) is 5.75 Å². The fourth-order valence-electron chi connectivity index (χ4n) is 2.61. The SMILES string of the molecule is O=C(OCc1nc2ccccc2o1)c1ccc2ccccc2c1O. The largest absolute Gasteiger partial charge is 0.506 e. The van der Waals surface area contributed by atoms with Gasteiger partial charge in [0.1, 0.15) is 16.8 Å². The molecule has 0 atom stereocenters. The summed E-state index contributed by atoms with van der Waals surface area (Å²) in [6.07, 6.45) is 0. The van der Waals surface area contributed by atoms with Crippen molar-refractivity contribution >= 4 is 27.8 Å². The van der Waals surface area contributed by atoms with Gasteiger partial charge in [-0.3, -0.25) is 0 Å². The van der Waals surface area contributed by atoms with Gasteiger partial charge in [0.25, 0.3) is 0 Å². The van der Waals surface area contributed by atoms with E-state index in [0.717, 1.165) is 5.39 Å². The molecule has 0 spiro atoms. The van der Waals surface area contributed by atoms with Crippen molar-refractivity contribution in [2.75, 3.05) is 0 Å². The molecule has 0 aliphatic carbocycles. The Balaban J connectivity index is 1.57. The van der Waals surface area contributed by atoms with Crippen molar-refractivity contribution in [1.82, 2.24) is 4.98 Å². The summed E-state index contributed by atoms with van der Waals surface area (Å²) in [5.41, 5.74) is 1.46. The molecule has 3 aromatic carbocycles. The van der Waals surface area contributed by atoms with Crippen LogP contribution in [0.4, 0.5) is 0 Å². The molecule has 5 nitrogen and oxygen atoms in total. The third-order valence-electron chi connectivity index (χ3n) is 3.79. The summed E-state index contributed by atoms with van der Waals surface area (Å²) >= 11 is 0. The molecule has 4 aromatic rings. The second-order valence-corrected chi connectivity index (χ2v) is 5.33. The van der Waals surface area contributed by atoms with E-state index in [-0.39, 0.29) is 17.9 Å². The number of benzene rings is 3. The molecule has 5 heteroatoms. The van der Waals surface area contributed by atoms with Crippen LogP contribution in [-0.4, -0.2) is 16.1 Å². The monoisotopic (exact) mass is 319 g/mol. The number of hydrogen-bond acceptors (Lipinski definition) is 5. The quantitative estimate of drug-likeness (QED) is 0.577. The maximum Gasteiger partial charge on any atom is 0.342 e. The highest BCUT2D eigenvalue weighted by molar-refractivity contribution is 6.01. The van der Waals surface area contributed by atoms with Crippen LogP contribution in [-0.2, 0) is 11.3 Å². The molecule has 0 bridgehead atoms. The number of carbonyl (C=O) groups excluding carboxylic acids is 1. The molecule has 0 unspecified atom stereocenters. The lowest BCUT2D eigenvalue weighted by atomic mass is 10.1. The van der Waals surface area contributed by atoms with E-state index in [0.29, 0.717) is 22.4 Å². The molecule has 24 heavy (non-hydrogen) atoms. The molecule has 0 saturated carbocycles.